The van der Waals surface area contributed by atoms with Crippen molar-refractivity contribution in [2.24, 2.45) is 5.92 Å². The molecule has 0 atom stereocenters. The number of benzene rings is 3. The lowest BCUT2D eigenvalue weighted by Crippen LogP contribution is -2.25. The van der Waals surface area contributed by atoms with E-state index in [-0.39, 0.29) is 5.41 Å². The van der Waals surface area contributed by atoms with E-state index in [2.05, 4.69) is 129 Å². The van der Waals surface area contributed by atoms with Gasteiger partial charge < -0.3 is 9.80 Å². The van der Waals surface area contributed by atoms with Crippen LogP contribution >= 0.6 is 11.6 Å². The normalized spacial score (nSPS) is 18.8. The van der Waals surface area contributed by atoms with Crippen LogP contribution in [-0.2, 0) is 5.41 Å². The smallest absolute Gasteiger partial charge is 0.0488 e. The van der Waals surface area contributed by atoms with Crippen LogP contribution in [0.4, 0.5) is 17.1 Å². The molecule has 2 aliphatic rings. The number of anilines is 3. The van der Waals surface area contributed by atoms with Gasteiger partial charge in [0.1, 0.15) is 0 Å². The molecule has 0 radical (unpaired) electrons. The zero-order valence-electron chi connectivity index (χ0n) is 22.6. The summed E-state index contributed by atoms with van der Waals surface area (Å²) in [6.45, 7) is 12.4. The summed E-state index contributed by atoms with van der Waals surface area (Å²) < 4.78 is 0. The van der Waals surface area contributed by atoms with Gasteiger partial charge in [-0.05, 0) is 90.9 Å². The van der Waals surface area contributed by atoms with E-state index in [0.29, 0.717) is 5.92 Å². The molecule has 1 heterocycles. The maximum Gasteiger partial charge on any atom is 0.0488 e. The molecule has 0 spiro atoms. The molecule has 0 fully saturated rings. The Morgan fingerprint density at radius 2 is 1.51 bits per heavy atom. The van der Waals surface area contributed by atoms with Crippen molar-refractivity contribution < 1.29 is 0 Å². The van der Waals surface area contributed by atoms with Crippen molar-refractivity contribution in [2.45, 2.75) is 52.9 Å². The Morgan fingerprint density at radius 1 is 0.892 bits per heavy atom. The fraction of sp³-hybridized carbons (Fsp3) is 0.294. The standard InChI is InChI=1S/C34H37ClN2/c1-6-36-31-21-19-26(35)23-30(31)34(4,5)32(36)22-18-25-17-20-29(24(2)3)33(25)37(27-13-9-7-10-14-27)28-15-11-8-12-16-28/h7-16,18-19,21-24H,6,17,20H2,1-5H3/b25-18+,32-22+. The molecule has 0 unspecified atom stereocenters. The largest absolute Gasteiger partial charge is 0.344 e. The minimum atomic E-state index is -0.116. The third-order valence-electron chi connectivity index (χ3n) is 7.83. The van der Waals surface area contributed by atoms with Crippen LogP contribution in [0.5, 0.6) is 0 Å². The van der Waals surface area contributed by atoms with Crippen LogP contribution in [0, 0.1) is 5.92 Å². The molecule has 190 valence electrons. The zero-order chi connectivity index (χ0) is 26.2. The van der Waals surface area contributed by atoms with E-state index < -0.39 is 0 Å². The number of hydrogen-bond donors (Lipinski definition) is 0. The quantitative estimate of drug-likeness (QED) is 0.327. The third kappa shape index (κ3) is 4.64. The van der Waals surface area contributed by atoms with Crippen molar-refractivity contribution >= 4 is 28.7 Å². The molecule has 3 heteroatoms. The molecule has 0 saturated heterocycles. The second kappa shape index (κ2) is 10.3. The predicted octanol–water partition coefficient (Wildman–Crippen LogP) is 9.81. The molecule has 3 aromatic carbocycles. The Kier molecular flexibility index (Phi) is 7.05. The lowest BCUT2D eigenvalue weighted by atomic mass is 9.83. The van der Waals surface area contributed by atoms with Gasteiger partial charge in [-0.1, -0.05) is 81.8 Å². The first-order valence-corrected chi connectivity index (χ1v) is 13.8. The predicted molar refractivity (Wildman–Crippen MR) is 160 cm³/mol. The molecular formula is C34H37ClN2. The first-order chi connectivity index (χ1) is 17.8. The molecule has 5 rings (SSSR count). The number of nitrogens with zero attached hydrogens (tertiary/aromatic N) is 2. The summed E-state index contributed by atoms with van der Waals surface area (Å²) in [5.41, 5.74) is 10.4. The van der Waals surface area contributed by atoms with Gasteiger partial charge in [0, 0.05) is 45.4 Å². The number of fused-ring (bicyclic) bond motifs is 1. The average Bonchev–Trinajstić information content (AvgIpc) is 3.40. The summed E-state index contributed by atoms with van der Waals surface area (Å²) in [5, 5.41) is 0.798. The summed E-state index contributed by atoms with van der Waals surface area (Å²) in [6, 6.07) is 27.9. The molecule has 0 N–H and O–H groups in total. The van der Waals surface area contributed by atoms with Gasteiger partial charge in [0.2, 0.25) is 0 Å². The molecular weight excluding hydrogens is 472 g/mol. The maximum absolute atomic E-state index is 6.42. The summed E-state index contributed by atoms with van der Waals surface area (Å²) in [5.74, 6) is 0.477. The van der Waals surface area contributed by atoms with Gasteiger partial charge in [-0.2, -0.15) is 0 Å². The zero-order valence-corrected chi connectivity index (χ0v) is 23.4. The Bertz CT molecular complexity index is 1320. The first-order valence-electron chi connectivity index (χ1n) is 13.5. The van der Waals surface area contributed by atoms with Crippen molar-refractivity contribution in [1.29, 1.82) is 0 Å². The van der Waals surface area contributed by atoms with Gasteiger partial charge >= 0.3 is 0 Å². The SMILES string of the molecule is CCN1/C(=C/C=C2\CCC(C(C)C)=C2N(c2ccccc2)c2ccccc2)C(C)(C)c2cc(Cl)ccc21. The van der Waals surface area contributed by atoms with E-state index in [1.807, 2.05) is 6.07 Å². The van der Waals surface area contributed by atoms with E-state index in [1.54, 1.807) is 0 Å². The molecule has 0 saturated carbocycles. The van der Waals surface area contributed by atoms with E-state index in [9.17, 15) is 0 Å². The van der Waals surface area contributed by atoms with Crippen molar-refractivity contribution in [3.8, 4) is 0 Å². The molecule has 2 nitrogen and oxygen atoms in total. The lowest BCUT2D eigenvalue weighted by molar-refractivity contribution is 0.634. The summed E-state index contributed by atoms with van der Waals surface area (Å²) in [7, 11) is 0. The highest BCUT2D eigenvalue weighted by Gasteiger charge is 2.39. The van der Waals surface area contributed by atoms with Crippen LogP contribution < -0.4 is 9.80 Å². The van der Waals surface area contributed by atoms with Crippen molar-refractivity contribution in [3.05, 3.63) is 124 Å². The Balaban J connectivity index is 1.65. The van der Waals surface area contributed by atoms with Crippen LogP contribution in [0.15, 0.2) is 114 Å². The number of likely N-dealkylation sites (N-methyl/N-ethyl adjacent to an activating group) is 1. The fourth-order valence-electron chi connectivity index (χ4n) is 5.95. The molecule has 37 heavy (non-hydrogen) atoms. The second-order valence-electron chi connectivity index (χ2n) is 10.8. The molecule has 3 aromatic rings. The van der Waals surface area contributed by atoms with Crippen molar-refractivity contribution in [1.82, 2.24) is 0 Å². The minimum absolute atomic E-state index is 0.116. The van der Waals surface area contributed by atoms with Crippen molar-refractivity contribution in [2.75, 3.05) is 16.3 Å². The van der Waals surface area contributed by atoms with Crippen LogP contribution in [0.25, 0.3) is 0 Å². The van der Waals surface area contributed by atoms with E-state index >= 15 is 0 Å². The van der Waals surface area contributed by atoms with E-state index in [1.165, 1.54) is 45.2 Å². The summed E-state index contributed by atoms with van der Waals surface area (Å²) in [4.78, 5) is 4.90. The molecule has 0 amide bonds. The van der Waals surface area contributed by atoms with Crippen LogP contribution in [-0.4, -0.2) is 6.54 Å². The first kappa shape index (κ1) is 25.4. The highest BCUT2D eigenvalue weighted by molar-refractivity contribution is 6.30. The van der Waals surface area contributed by atoms with Gasteiger partial charge in [0.25, 0.3) is 0 Å². The number of halogens is 1. The number of hydrogen-bond acceptors (Lipinski definition) is 2. The minimum Gasteiger partial charge on any atom is -0.344 e. The second-order valence-corrected chi connectivity index (χ2v) is 11.2. The lowest BCUT2D eigenvalue weighted by Gasteiger charge is -2.30. The van der Waals surface area contributed by atoms with Crippen molar-refractivity contribution in [3.63, 3.8) is 0 Å². The topological polar surface area (TPSA) is 6.48 Å². The van der Waals surface area contributed by atoms with Gasteiger partial charge in [0.15, 0.2) is 0 Å². The summed E-state index contributed by atoms with van der Waals surface area (Å²) >= 11 is 6.42. The van der Waals surface area contributed by atoms with E-state index in [4.69, 9.17) is 11.6 Å². The Morgan fingerprint density at radius 3 is 2.08 bits per heavy atom. The number of rotatable bonds is 6. The molecule has 1 aliphatic carbocycles. The number of allylic oxidation sites excluding steroid dienone is 5. The van der Waals surface area contributed by atoms with Crippen LogP contribution in [0.3, 0.4) is 0 Å². The molecule has 1 aliphatic heterocycles. The Hall–Kier alpha value is -3.23. The van der Waals surface area contributed by atoms with Gasteiger partial charge in [-0.25, -0.2) is 0 Å². The summed E-state index contributed by atoms with van der Waals surface area (Å²) in [6.07, 6.45) is 6.89. The maximum atomic E-state index is 6.42. The van der Waals surface area contributed by atoms with Gasteiger partial charge in [-0.15, -0.1) is 0 Å². The monoisotopic (exact) mass is 508 g/mol. The third-order valence-corrected chi connectivity index (χ3v) is 8.07. The highest BCUT2D eigenvalue weighted by atomic mass is 35.5. The highest BCUT2D eigenvalue weighted by Crippen LogP contribution is 2.49. The molecule has 0 bridgehead atoms. The Labute approximate surface area is 227 Å². The van der Waals surface area contributed by atoms with Crippen LogP contribution in [0.2, 0.25) is 5.02 Å². The number of para-hydroxylation sites is 2. The molecule has 0 aromatic heterocycles. The fourth-order valence-corrected chi connectivity index (χ4v) is 6.13. The van der Waals surface area contributed by atoms with Crippen LogP contribution in [0.1, 0.15) is 53.0 Å². The van der Waals surface area contributed by atoms with Gasteiger partial charge in [0.05, 0.1) is 0 Å². The average molecular weight is 509 g/mol. The van der Waals surface area contributed by atoms with Gasteiger partial charge in [-0.3, -0.25) is 0 Å². The van der Waals surface area contributed by atoms with E-state index in [0.717, 1.165) is 24.4 Å².